The largest absolute Gasteiger partial charge is 0.355 e. The van der Waals surface area contributed by atoms with Crippen molar-refractivity contribution in [2.45, 2.75) is 31.8 Å². The van der Waals surface area contributed by atoms with Crippen LogP contribution in [0.1, 0.15) is 20.3 Å². The SMILES string of the molecule is CN=C(NCC(C)(C)N(C)C)NC1CCN(c2ncccc2Cl)C1. The van der Waals surface area contributed by atoms with Gasteiger partial charge in [0.15, 0.2) is 5.96 Å². The third-order valence-electron chi connectivity index (χ3n) is 4.69. The second-order valence-electron chi connectivity index (χ2n) is 7.02. The zero-order valence-electron chi connectivity index (χ0n) is 15.3. The van der Waals surface area contributed by atoms with Gasteiger partial charge in [-0.1, -0.05) is 11.6 Å². The molecule has 0 aromatic carbocycles. The van der Waals surface area contributed by atoms with Gasteiger partial charge < -0.3 is 20.4 Å². The zero-order valence-corrected chi connectivity index (χ0v) is 16.1. The quantitative estimate of drug-likeness (QED) is 0.625. The van der Waals surface area contributed by atoms with Crippen molar-refractivity contribution >= 4 is 23.4 Å². The molecule has 1 aromatic rings. The van der Waals surface area contributed by atoms with Gasteiger partial charge in [0.05, 0.1) is 5.02 Å². The second kappa shape index (κ2) is 8.03. The highest BCUT2D eigenvalue weighted by molar-refractivity contribution is 6.32. The van der Waals surface area contributed by atoms with Gasteiger partial charge in [-0.25, -0.2) is 4.98 Å². The Morgan fingerprint density at radius 1 is 1.50 bits per heavy atom. The summed E-state index contributed by atoms with van der Waals surface area (Å²) in [5.41, 5.74) is 0.0564. The molecule has 1 unspecified atom stereocenters. The lowest BCUT2D eigenvalue weighted by molar-refractivity contribution is 0.197. The van der Waals surface area contributed by atoms with Crippen LogP contribution in [0.5, 0.6) is 0 Å². The molecule has 7 heteroatoms. The Labute approximate surface area is 150 Å². The van der Waals surface area contributed by atoms with Crippen molar-refractivity contribution in [1.82, 2.24) is 20.5 Å². The molecular weight excluding hydrogens is 324 g/mol. The summed E-state index contributed by atoms with van der Waals surface area (Å²) >= 11 is 6.25. The molecule has 24 heavy (non-hydrogen) atoms. The number of hydrogen-bond acceptors (Lipinski definition) is 4. The van der Waals surface area contributed by atoms with Gasteiger partial charge in [-0.15, -0.1) is 0 Å². The van der Waals surface area contributed by atoms with Gasteiger partial charge in [0.25, 0.3) is 0 Å². The van der Waals surface area contributed by atoms with E-state index in [0.717, 1.165) is 37.8 Å². The highest BCUT2D eigenvalue weighted by Gasteiger charge is 2.26. The standard InChI is InChI=1S/C17H29ClN6/c1-17(2,23(4)5)12-21-16(19-3)22-13-8-10-24(11-13)15-14(18)7-6-9-20-15/h6-7,9,13H,8,10-12H2,1-5H3,(H2,19,21,22). The van der Waals surface area contributed by atoms with Gasteiger partial charge in [0.2, 0.25) is 0 Å². The van der Waals surface area contributed by atoms with Crippen molar-refractivity contribution in [3.63, 3.8) is 0 Å². The molecule has 6 nitrogen and oxygen atoms in total. The Bertz CT molecular complexity index is 572. The summed E-state index contributed by atoms with van der Waals surface area (Å²) < 4.78 is 0. The Morgan fingerprint density at radius 3 is 2.88 bits per heavy atom. The summed E-state index contributed by atoms with van der Waals surface area (Å²) in [4.78, 5) is 13.2. The van der Waals surface area contributed by atoms with Gasteiger partial charge in [-0.2, -0.15) is 0 Å². The molecule has 2 N–H and O–H groups in total. The molecule has 0 saturated carbocycles. The molecule has 0 amide bonds. The zero-order chi connectivity index (χ0) is 17.7. The number of pyridine rings is 1. The van der Waals surface area contributed by atoms with Crippen LogP contribution in [0.25, 0.3) is 0 Å². The summed E-state index contributed by atoms with van der Waals surface area (Å²) in [7, 11) is 5.98. The second-order valence-corrected chi connectivity index (χ2v) is 7.42. The molecule has 1 atom stereocenters. The molecule has 2 rings (SSSR count). The number of guanidine groups is 1. The maximum atomic E-state index is 6.25. The van der Waals surface area contributed by atoms with Crippen LogP contribution in [-0.2, 0) is 0 Å². The maximum Gasteiger partial charge on any atom is 0.191 e. The number of anilines is 1. The minimum absolute atomic E-state index is 0.0564. The van der Waals surface area contributed by atoms with Gasteiger partial charge >= 0.3 is 0 Å². The first kappa shape index (κ1) is 18.8. The van der Waals surface area contributed by atoms with E-state index in [9.17, 15) is 0 Å². The highest BCUT2D eigenvalue weighted by atomic mass is 35.5. The summed E-state index contributed by atoms with van der Waals surface area (Å²) in [5.74, 6) is 1.70. The van der Waals surface area contributed by atoms with E-state index in [-0.39, 0.29) is 5.54 Å². The van der Waals surface area contributed by atoms with E-state index in [1.165, 1.54) is 0 Å². The van der Waals surface area contributed by atoms with Crippen LogP contribution in [0.15, 0.2) is 23.3 Å². The van der Waals surface area contributed by atoms with E-state index in [4.69, 9.17) is 11.6 Å². The average Bonchev–Trinajstić information content (AvgIpc) is 3.00. The number of nitrogens with one attached hydrogen (secondary N) is 2. The summed E-state index contributed by atoms with van der Waals surface area (Å²) in [6.45, 7) is 7.03. The molecule has 1 aromatic heterocycles. The van der Waals surface area contributed by atoms with Gasteiger partial charge in [-0.3, -0.25) is 4.99 Å². The predicted octanol–water partition coefficient (Wildman–Crippen LogP) is 1.82. The number of rotatable bonds is 5. The van der Waals surface area contributed by atoms with Crippen molar-refractivity contribution in [2.24, 2.45) is 4.99 Å². The van der Waals surface area contributed by atoms with Crippen LogP contribution in [0.2, 0.25) is 5.02 Å². The molecule has 1 saturated heterocycles. The van der Waals surface area contributed by atoms with Crippen molar-refractivity contribution in [3.05, 3.63) is 23.4 Å². The molecular formula is C17H29ClN6. The number of halogens is 1. The third kappa shape index (κ3) is 4.74. The lowest BCUT2D eigenvalue weighted by atomic mass is 10.0. The molecule has 2 heterocycles. The van der Waals surface area contributed by atoms with Crippen molar-refractivity contribution in [2.75, 3.05) is 45.7 Å². The topological polar surface area (TPSA) is 55.8 Å². The van der Waals surface area contributed by atoms with Gasteiger partial charge in [0, 0.05) is 44.5 Å². The monoisotopic (exact) mass is 352 g/mol. The Balaban J connectivity index is 1.88. The van der Waals surface area contributed by atoms with E-state index < -0.39 is 0 Å². The van der Waals surface area contributed by atoms with E-state index in [1.54, 1.807) is 13.2 Å². The number of aliphatic imine (C=N–C) groups is 1. The number of aromatic nitrogens is 1. The summed E-state index contributed by atoms with van der Waals surface area (Å²) in [5, 5.41) is 7.63. The van der Waals surface area contributed by atoms with Gasteiger partial charge in [0.1, 0.15) is 5.82 Å². The Hall–Kier alpha value is -1.53. The van der Waals surface area contributed by atoms with Crippen molar-refractivity contribution < 1.29 is 0 Å². The predicted molar refractivity (Wildman–Crippen MR) is 102 cm³/mol. The van der Waals surface area contributed by atoms with Crippen molar-refractivity contribution in [1.29, 1.82) is 0 Å². The molecule has 1 aliphatic heterocycles. The van der Waals surface area contributed by atoms with Crippen molar-refractivity contribution in [3.8, 4) is 0 Å². The first-order valence-corrected chi connectivity index (χ1v) is 8.71. The van der Waals surface area contributed by atoms with E-state index >= 15 is 0 Å². The van der Waals surface area contributed by atoms with Crippen LogP contribution in [0, 0.1) is 0 Å². The maximum absolute atomic E-state index is 6.25. The molecule has 0 radical (unpaired) electrons. The minimum Gasteiger partial charge on any atom is -0.355 e. The Morgan fingerprint density at radius 2 is 2.25 bits per heavy atom. The van der Waals surface area contributed by atoms with E-state index in [2.05, 4.69) is 58.4 Å². The number of likely N-dealkylation sites (N-methyl/N-ethyl adjacent to an activating group) is 1. The number of nitrogens with zero attached hydrogens (tertiary/aromatic N) is 4. The molecule has 0 spiro atoms. The fourth-order valence-electron chi connectivity index (χ4n) is 2.53. The minimum atomic E-state index is 0.0564. The lowest BCUT2D eigenvalue weighted by Gasteiger charge is -2.33. The molecule has 1 fully saturated rings. The Kier molecular flexibility index (Phi) is 6.29. The summed E-state index contributed by atoms with van der Waals surface area (Å²) in [6, 6.07) is 4.07. The average molecular weight is 353 g/mol. The smallest absolute Gasteiger partial charge is 0.191 e. The fourth-order valence-corrected chi connectivity index (χ4v) is 2.77. The van der Waals surface area contributed by atoms with Gasteiger partial charge in [-0.05, 0) is 46.5 Å². The molecule has 0 aliphatic carbocycles. The fraction of sp³-hybridized carbons (Fsp3) is 0.647. The van der Waals surface area contributed by atoms with Crippen LogP contribution < -0.4 is 15.5 Å². The first-order chi connectivity index (χ1) is 11.3. The molecule has 0 bridgehead atoms. The first-order valence-electron chi connectivity index (χ1n) is 8.33. The third-order valence-corrected chi connectivity index (χ3v) is 4.99. The van der Waals surface area contributed by atoms with Crippen LogP contribution in [-0.4, -0.2) is 68.2 Å². The highest BCUT2D eigenvalue weighted by Crippen LogP contribution is 2.25. The summed E-state index contributed by atoms with van der Waals surface area (Å²) in [6.07, 6.45) is 2.82. The van der Waals surface area contributed by atoms with Crippen LogP contribution >= 0.6 is 11.6 Å². The van der Waals surface area contributed by atoms with E-state index in [0.29, 0.717) is 11.1 Å². The lowest BCUT2D eigenvalue weighted by Crippen LogP contribution is -2.52. The van der Waals surface area contributed by atoms with Crippen LogP contribution in [0.4, 0.5) is 5.82 Å². The molecule has 1 aliphatic rings. The van der Waals surface area contributed by atoms with E-state index in [1.807, 2.05) is 12.1 Å². The number of hydrogen-bond donors (Lipinski definition) is 2. The normalized spacial score (nSPS) is 19.0. The molecule has 134 valence electrons. The van der Waals surface area contributed by atoms with Crippen LogP contribution in [0.3, 0.4) is 0 Å².